The van der Waals surface area contributed by atoms with Crippen LogP contribution >= 0.6 is 0 Å². The third-order valence-electron chi connectivity index (χ3n) is 17.5. The Labute approximate surface area is 570 Å². The normalized spacial score (nSPS) is 14.0. The van der Waals surface area contributed by atoms with Gasteiger partial charge in [-0.2, -0.15) is 0 Å². The fourth-order valence-electron chi connectivity index (χ4n) is 12.5. The monoisotopic (exact) mass is 1340 g/mol. The van der Waals surface area contributed by atoms with E-state index in [4.69, 9.17) is 37.3 Å². The Bertz CT molecular complexity index is 4460. The molecule has 0 atom stereocenters. The molecule has 508 valence electrons. The van der Waals surface area contributed by atoms with E-state index in [1.54, 1.807) is 54.6 Å². The number of hydrogen-bond acceptors (Lipinski definition) is 16. The second-order valence-corrected chi connectivity index (χ2v) is 23.5. The van der Waals surface area contributed by atoms with Crippen molar-refractivity contribution in [3.05, 3.63) is 248 Å². The number of carbonyl (C=O) groups is 3. The van der Waals surface area contributed by atoms with Gasteiger partial charge in [-0.3, -0.25) is 14.4 Å². The Morgan fingerprint density at radius 1 is 0.455 bits per heavy atom. The lowest BCUT2D eigenvalue weighted by atomic mass is 9.97. The van der Waals surface area contributed by atoms with Crippen molar-refractivity contribution >= 4 is 69.0 Å². The Kier molecular flexibility index (Phi) is 22.4. The van der Waals surface area contributed by atoms with Crippen LogP contribution in [0.2, 0.25) is 0 Å². The smallest absolute Gasteiger partial charge is 0.201 e. The molecule has 3 aliphatic carbocycles. The van der Waals surface area contributed by atoms with Gasteiger partial charge >= 0.3 is 0 Å². The number of phenols is 3. The van der Waals surface area contributed by atoms with Crippen molar-refractivity contribution in [3.8, 4) is 51.7 Å². The number of aromatic hydroxyl groups is 3. The van der Waals surface area contributed by atoms with Crippen molar-refractivity contribution < 1.29 is 80.1 Å². The molecule has 0 radical (unpaired) electrons. The zero-order chi connectivity index (χ0) is 70.6. The van der Waals surface area contributed by atoms with Crippen LogP contribution in [0.1, 0.15) is 131 Å². The van der Waals surface area contributed by atoms with Crippen molar-refractivity contribution in [1.82, 2.24) is 9.97 Å². The van der Waals surface area contributed by atoms with Crippen LogP contribution in [0.5, 0.6) is 51.7 Å². The van der Waals surface area contributed by atoms with E-state index in [0.717, 1.165) is 100 Å². The Balaban J connectivity index is 0.000000161. The fourth-order valence-corrected chi connectivity index (χ4v) is 12.5. The maximum atomic E-state index is 14.2. The van der Waals surface area contributed by atoms with Crippen LogP contribution < -0.4 is 28.4 Å². The minimum Gasteiger partial charge on any atom is -0.502 e. The number of oxazole rings is 2. The first-order chi connectivity index (χ1) is 47.7. The SMILES string of the molecule is COc1cc(/C=C2/C(C)=C(CCC(=O)Cc3cnco3)c3cc(F)ccc32)cc(OC)c1O.COc1cc(/C=C2/C(C)=C(CCC(=O)Cc3ncco3)c3cc(F)ccc32)cc(OC)c1O.COc1cc(/C=C2/C(C)=C(CCC(=O)c3ccccc3)c3cc(F)ccc32)cc(OC)c1O. The summed E-state index contributed by atoms with van der Waals surface area (Å²) in [6.07, 6.45) is 14.3. The molecule has 0 amide bonds. The van der Waals surface area contributed by atoms with E-state index in [0.29, 0.717) is 78.7 Å². The highest BCUT2D eigenvalue weighted by Gasteiger charge is 2.29. The average molecular weight is 1340 g/mol. The van der Waals surface area contributed by atoms with Crippen molar-refractivity contribution in [2.45, 2.75) is 72.1 Å². The zero-order valence-electron chi connectivity index (χ0n) is 56.1. The Morgan fingerprint density at radius 2 is 0.818 bits per heavy atom. The number of methoxy groups -OCH3 is 6. The summed E-state index contributed by atoms with van der Waals surface area (Å²) in [4.78, 5) is 45.4. The highest BCUT2D eigenvalue weighted by molar-refractivity contribution is 6.08. The topological polar surface area (TPSA) is 219 Å². The van der Waals surface area contributed by atoms with Gasteiger partial charge < -0.3 is 52.6 Å². The van der Waals surface area contributed by atoms with Crippen molar-refractivity contribution in [3.63, 3.8) is 0 Å². The first kappa shape index (κ1) is 70.2. The van der Waals surface area contributed by atoms with Crippen LogP contribution in [0.25, 0.3) is 51.7 Å². The molecule has 2 aromatic heterocycles. The standard InChI is InChI=1S/C28H25FO4.2C26H24FNO5/c1-17-21(11-12-25(30)19-7-5-4-6-8-19)24-16-20(29)9-10-22(24)23(17)13-18-14-26(32-2)28(31)27(15-18)33-3;1-15-20(7-5-18(29)12-19-13-28-14-33-19)23-11-17(27)4-6-21(23)22(15)8-16-9-24(31-2)26(30)25(10-16)32-3;1-15-19(7-5-18(29)14-25-28-8-9-33-25)22-13-17(27)4-6-20(22)21(15)10-16-11-23(31-2)26(30)24(12-16)32-3/h4-10,13-16,31H,11-12H2,1-3H3;4,6,8-11,13-14,30H,5,7,12H2,1-3H3;4,6,8-13,30H,5,7,14H2,1-3H3/b23-13-;22-8-;21-10-. The van der Waals surface area contributed by atoms with Gasteiger partial charge in [-0.05, 0) is 231 Å². The van der Waals surface area contributed by atoms with Gasteiger partial charge in [-0.25, -0.2) is 23.1 Å². The molecule has 9 aromatic rings. The summed E-state index contributed by atoms with van der Waals surface area (Å²) in [5, 5.41) is 30.6. The van der Waals surface area contributed by atoms with Gasteiger partial charge in [-0.1, -0.05) is 48.5 Å². The molecule has 3 N–H and O–H groups in total. The van der Waals surface area contributed by atoms with Crippen LogP contribution in [0, 0.1) is 17.5 Å². The number of fused-ring (bicyclic) bond motifs is 3. The first-order valence-electron chi connectivity index (χ1n) is 31.6. The summed E-state index contributed by atoms with van der Waals surface area (Å²) < 4.78 is 84.3. The van der Waals surface area contributed by atoms with Crippen molar-refractivity contribution in [1.29, 1.82) is 0 Å². The van der Waals surface area contributed by atoms with E-state index in [-0.39, 0.29) is 76.4 Å². The number of hydrogen-bond donors (Lipinski definition) is 3. The molecule has 0 unspecified atom stereocenters. The van der Waals surface area contributed by atoms with Gasteiger partial charge in [0.15, 0.2) is 46.7 Å². The minimum atomic E-state index is -0.334. The number of ether oxygens (including phenoxy) is 6. The number of nitrogens with zero attached hydrogens (tertiary/aromatic N) is 2. The number of carbonyl (C=O) groups excluding carboxylic acids is 3. The molecular weight excluding hydrogens is 1270 g/mol. The number of rotatable bonds is 23. The molecular formula is C80H73F3N2O14. The van der Waals surface area contributed by atoms with E-state index >= 15 is 0 Å². The van der Waals surface area contributed by atoms with E-state index < -0.39 is 0 Å². The third-order valence-corrected chi connectivity index (χ3v) is 17.5. The Morgan fingerprint density at radius 3 is 1.15 bits per heavy atom. The van der Waals surface area contributed by atoms with E-state index in [1.165, 1.54) is 104 Å². The summed E-state index contributed by atoms with van der Waals surface area (Å²) >= 11 is 0. The van der Waals surface area contributed by atoms with Crippen molar-refractivity contribution in [2.75, 3.05) is 42.7 Å². The largest absolute Gasteiger partial charge is 0.502 e. The van der Waals surface area contributed by atoms with E-state index in [2.05, 4.69) is 9.97 Å². The molecule has 0 aliphatic heterocycles. The van der Waals surface area contributed by atoms with Crippen LogP contribution in [-0.2, 0) is 22.4 Å². The van der Waals surface area contributed by atoms with Crippen molar-refractivity contribution in [2.24, 2.45) is 0 Å². The maximum absolute atomic E-state index is 14.2. The second kappa shape index (κ2) is 31.5. The molecule has 3 aliphatic rings. The van der Waals surface area contributed by atoms with E-state index in [1.807, 2.05) is 69.3 Å². The molecule has 99 heavy (non-hydrogen) atoms. The molecule has 0 saturated carbocycles. The summed E-state index contributed by atoms with van der Waals surface area (Å²) in [5.74, 6) is 1.55. The number of benzene rings is 7. The van der Waals surface area contributed by atoms with Gasteiger partial charge in [0.1, 0.15) is 41.0 Å². The van der Waals surface area contributed by atoms with Gasteiger partial charge in [0.05, 0.1) is 67.9 Å². The molecule has 7 aromatic carbocycles. The summed E-state index contributed by atoms with van der Waals surface area (Å²) in [5.41, 5.74) is 16.5. The van der Waals surface area contributed by atoms with Crippen LogP contribution in [-0.4, -0.2) is 85.3 Å². The summed E-state index contributed by atoms with van der Waals surface area (Å²) in [6, 6.07) is 33.6. The highest BCUT2D eigenvalue weighted by Crippen LogP contribution is 2.50. The summed E-state index contributed by atoms with van der Waals surface area (Å²) in [6.45, 7) is 5.92. The highest BCUT2D eigenvalue weighted by atomic mass is 19.1. The minimum absolute atomic E-state index is 0.00106. The van der Waals surface area contributed by atoms with E-state index in [9.17, 15) is 42.9 Å². The second-order valence-electron chi connectivity index (χ2n) is 23.5. The molecule has 16 nitrogen and oxygen atoms in total. The van der Waals surface area contributed by atoms with Crippen LogP contribution in [0.15, 0.2) is 172 Å². The average Bonchev–Trinajstić information content (AvgIpc) is 1.64. The van der Waals surface area contributed by atoms with Crippen LogP contribution in [0.4, 0.5) is 13.2 Å². The fraction of sp³-hybridized carbons (Fsp3) is 0.212. The first-order valence-corrected chi connectivity index (χ1v) is 31.6. The summed E-state index contributed by atoms with van der Waals surface area (Å²) in [7, 11) is 8.84. The third kappa shape index (κ3) is 16.0. The molecule has 0 fully saturated rings. The molecule has 19 heteroatoms. The molecule has 0 bridgehead atoms. The lowest BCUT2D eigenvalue weighted by Gasteiger charge is -2.11. The quantitative estimate of drug-likeness (QED) is 0.0507. The molecule has 2 heterocycles. The van der Waals surface area contributed by atoms with Gasteiger partial charge in [-0.15, -0.1) is 0 Å². The maximum Gasteiger partial charge on any atom is 0.201 e. The molecule has 0 spiro atoms. The number of halogens is 3. The number of aromatic nitrogens is 2. The zero-order valence-corrected chi connectivity index (χ0v) is 56.1. The lowest BCUT2D eigenvalue weighted by Crippen LogP contribution is -2.03. The number of Topliss-reactive ketones (excluding diaryl/α,β-unsaturated/α-hetero) is 3. The molecule has 12 rings (SSSR count). The predicted molar refractivity (Wildman–Crippen MR) is 373 cm³/mol. The number of ketones is 3. The van der Waals surface area contributed by atoms with Gasteiger partial charge in [0.2, 0.25) is 23.1 Å². The van der Waals surface area contributed by atoms with Gasteiger partial charge in [0.25, 0.3) is 0 Å². The predicted octanol–water partition coefficient (Wildman–Crippen LogP) is 17.5. The number of phenolic OH excluding ortho intramolecular Hbond substituents is 3. The Hall–Kier alpha value is -11.6. The van der Waals surface area contributed by atoms with Crippen LogP contribution in [0.3, 0.4) is 0 Å². The lowest BCUT2D eigenvalue weighted by molar-refractivity contribution is -0.119. The van der Waals surface area contributed by atoms with Gasteiger partial charge in [0, 0.05) is 24.8 Å². The molecule has 0 saturated heterocycles. The number of allylic oxidation sites excluding steroid dienone is 9.